The first kappa shape index (κ1) is 12.6. The Bertz CT molecular complexity index is 579. The molecule has 0 aliphatic rings. The molecule has 18 heavy (non-hydrogen) atoms. The molecule has 2 aromatic heterocycles. The number of halogens is 1. The minimum atomic E-state index is -0.249. The van der Waals surface area contributed by atoms with Crippen LogP contribution in [-0.2, 0) is 13.5 Å². The Morgan fingerprint density at radius 2 is 2.33 bits per heavy atom. The van der Waals surface area contributed by atoms with E-state index in [2.05, 4.69) is 15.4 Å². The van der Waals surface area contributed by atoms with Gasteiger partial charge < -0.3 is 5.32 Å². The van der Waals surface area contributed by atoms with E-state index < -0.39 is 0 Å². The Kier molecular flexibility index (Phi) is 3.62. The number of hydrogen-bond acceptors (Lipinski definition) is 3. The number of rotatable bonds is 3. The summed E-state index contributed by atoms with van der Waals surface area (Å²) in [4.78, 5) is 16.1. The van der Waals surface area contributed by atoms with Gasteiger partial charge in [0.25, 0.3) is 5.91 Å². The van der Waals surface area contributed by atoms with Crippen molar-refractivity contribution in [3.63, 3.8) is 0 Å². The molecule has 2 aromatic rings. The zero-order valence-electron chi connectivity index (χ0n) is 10.1. The highest BCUT2D eigenvalue weighted by molar-refractivity contribution is 6.33. The number of pyridine rings is 1. The first-order valence-corrected chi connectivity index (χ1v) is 5.94. The molecule has 0 spiro atoms. The van der Waals surface area contributed by atoms with Crippen molar-refractivity contribution >= 4 is 23.3 Å². The van der Waals surface area contributed by atoms with Crippen LogP contribution in [0, 0.1) is 0 Å². The summed E-state index contributed by atoms with van der Waals surface area (Å²) in [6.07, 6.45) is 3.95. The zero-order valence-corrected chi connectivity index (χ0v) is 10.9. The molecule has 0 bridgehead atoms. The average Bonchev–Trinajstić information content (AvgIpc) is 2.73. The highest BCUT2D eigenvalue weighted by Crippen LogP contribution is 2.19. The van der Waals surface area contributed by atoms with Crippen LogP contribution >= 0.6 is 11.6 Å². The van der Waals surface area contributed by atoms with E-state index >= 15 is 0 Å². The molecule has 0 radical (unpaired) electrons. The van der Waals surface area contributed by atoms with Gasteiger partial charge >= 0.3 is 0 Å². The number of anilines is 1. The molecule has 2 heterocycles. The average molecular weight is 265 g/mol. The number of aryl methyl sites for hydroxylation is 2. The lowest BCUT2D eigenvalue weighted by molar-refractivity contribution is 0.102. The molecule has 6 heteroatoms. The van der Waals surface area contributed by atoms with E-state index in [1.165, 1.54) is 0 Å². The molecule has 1 N–H and O–H groups in total. The number of nitrogens with one attached hydrogen (secondary N) is 1. The Labute approximate surface area is 110 Å². The Balaban J connectivity index is 2.25. The zero-order chi connectivity index (χ0) is 13.1. The van der Waals surface area contributed by atoms with Crippen molar-refractivity contribution in [2.24, 2.45) is 7.05 Å². The Morgan fingerprint density at radius 3 is 3.00 bits per heavy atom. The second kappa shape index (κ2) is 5.18. The molecule has 0 saturated heterocycles. The number of carbonyl (C=O) groups is 1. The third-order valence-electron chi connectivity index (χ3n) is 2.48. The summed E-state index contributed by atoms with van der Waals surface area (Å²) in [7, 11) is 1.78. The van der Waals surface area contributed by atoms with Gasteiger partial charge in [-0.2, -0.15) is 5.10 Å². The molecule has 0 aromatic carbocycles. The number of amides is 1. The quantitative estimate of drug-likeness (QED) is 0.925. The van der Waals surface area contributed by atoms with Gasteiger partial charge in [-0.05, 0) is 18.6 Å². The molecule has 5 nitrogen and oxygen atoms in total. The van der Waals surface area contributed by atoms with Crippen LogP contribution in [0.25, 0.3) is 0 Å². The normalized spacial score (nSPS) is 10.4. The lowest BCUT2D eigenvalue weighted by Gasteiger charge is -2.05. The standard InChI is InChI=1S/C12H13ClN4O/c1-3-10-8(7-17(2)16-10)12(18)15-11-9(13)5-4-6-14-11/h4-7H,3H2,1-2H3,(H,14,15,18). The number of hydrogen-bond donors (Lipinski definition) is 1. The maximum atomic E-state index is 12.1. The van der Waals surface area contributed by atoms with Crippen LogP contribution in [0.4, 0.5) is 5.82 Å². The summed E-state index contributed by atoms with van der Waals surface area (Å²) in [6, 6.07) is 3.38. The molecule has 0 atom stereocenters. The predicted octanol–water partition coefficient (Wildman–Crippen LogP) is 2.28. The van der Waals surface area contributed by atoms with Gasteiger partial charge in [0.05, 0.1) is 16.3 Å². The minimum Gasteiger partial charge on any atom is -0.305 e. The van der Waals surface area contributed by atoms with Gasteiger partial charge in [-0.3, -0.25) is 9.48 Å². The van der Waals surface area contributed by atoms with Crippen LogP contribution in [0.2, 0.25) is 5.02 Å². The molecule has 0 aliphatic heterocycles. The lowest BCUT2D eigenvalue weighted by atomic mass is 10.2. The van der Waals surface area contributed by atoms with Gasteiger partial charge in [0, 0.05) is 19.4 Å². The van der Waals surface area contributed by atoms with E-state index in [1.54, 1.807) is 36.3 Å². The molecule has 0 fully saturated rings. The van der Waals surface area contributed by atoms with Crippen LogP contribution in [0.5, 0.6) is 0 Å². The summed E-state index contributed by atoms with van der Waals surface area (Å²) in [5.41, 5.74) is 1.30. The van der Waals surface area contributed by atoms with Crippen LogP contribution < -0.4 is 5.32 Å². The summed E-state index contributed by atoms with van der Waals surface area (Å²) < 4.78 is 1.62. The largest absolute Gasteiger partial charge is 0.305 e. The Hall–Kier alpha value is -1.88. The second-order valence-electron chi connectivity index (χ2n) is 3.80. The monoisotopic (exact) mass is 264 g/mol. The van der Waals surface area contributed by atoms with Gasteiger partial charge in [0.1, 0.15) is 0 Å². The summed E-state index contributed by atoms with van der Waals surface area (Å²) in [6.45, 7) is 1.95. The van der Waals surface area contributed by atoms with Crippen molar-refractivity contribution in [2.45, 2.75) is 13.3 Å². The highest BCUT2D eigenvalue weighted by atomic mass is 35.5. The van der Waals surface area contributed by atoms with Crippen molar-refractivity contribution < 1.29 is 4.79 Å². The molecular weight excluding hydrogens is 252 g/mol. The van der Waals surface area contributed by atoms with Crippen LogP contribution in [-0.4, -0.2) is 20.7 Å². The van der Waals surface area contributed by atoms with E-state index in [0.29, 0.717) is 22.8 Å². The molecule has 0 aliphatic carbocycles. The van der Waals surface area contributed by atoms with E-state index in [1.807, 2.05) is 6.92 Å². The summed E-state index contributed by atoms with van der Waals surface area (Å²) in [5.74, 6) is 0.107. The Morgan fingerprint density at radius 1 is 1.56 bits per heavy atom. The molecule has 0 saturated carbocycles. The van der Waals surface area contributed by atoms with E-state index in [0.717, 1.165) is 5.69 Å². The first-order valence-electron chi connectivity index (χ1n) is 5.56. The van der Waals surface area contributed by atoms with E-state index in [4.69, 9.17) is 11.6 Å². The first-order chi connectivity index (χ1) is 8.61. The van der Waals surface area contributed by atoms with Crippen LogP contribution in [0.3, 0.4) is 0 Å². The SMILES string of the molecule is CCc1nn(C)cc1C(=O)Nc1ncccc1Cl. The molecule has 1 amide bonds. The smallest absolute Gasteiger partial charge is 0.260 e. The second-order valence-corrected chi connectivity index (χ2v) is 4.21. The van der Waals surface area contributed by atoms with Gasteiger partial charge in [0.15, 0.2) is 5.82 Å². The molecular formula is C12H13ClN4O. The molecule has 94 valence electrons. The van der Waals surface area contributed by atoms with Crippen molar-refractivity contribution in [3.8, 4) is 0 Å². The van der Waals surface area contributed by atoms with E-state index in [-0.39, 0.29) is 5.91 Å². The van der Waals surface area contributed by atoms with E-state index in [9.17, 15) is 4.79 Å². The van der Waals surface area contributed by atoms with Gasteiger partial charge in [-0.15, -0.1) is 0 Å². The van der Waals surface area contributed by atoms with Gasteiger partial charge in [-0.25, -0.2) is 4.98 Å². The van der Waals surface area contributed by atoms with Crippen molar-refractivity contribution in [1.82, 2.24) is 14.8 Å². The van der Waals surface area contributed by atoms with Crippen molar-refractivity contribution in [2.75, 3.05) is 5.32 Å². The molecule has 0 unspecified atom stereocenters. The lowest BCUT2D eigenvalue weighted by Crippen LogP contribution is -2.14. The fraction of sp³-hybridized carbons (Fsp3) is 0.250. The number of carbonyl (C=O) groups excluding carboxylic acids is 1. The molecule has 2 rings (SSSR count). The van der Waals surface area contributed by atoms with Crippen LogP contribution in [0.15, 0.2) is 24.5 Å². The number of aromatic nitrogens is 3. The van der Waals surface area contributed by atoms with Gasteiger partial charge in [0.2, 0.25) is 0 Å². The maximum Gasteiger partial charge on any atom is 0.260 e. The third-order valence-corrected chi connectivity index (χ3v) is 2.78. The fourth-order valence-electron chi connectivity index (χ4n) is 1.64. The number of nitrogens with zero attached hydrogens (tertiary/aromatic N) is 3. The fourth-order valence-corrected chi connectivity index (χ4v) is 1.81. The van der Waals surface area contributed by atoms with Gasteiger partial charge in [-0.1, -0.05) is 18.5 Å². The maximum absolute atomic E-state index is 12.1. The summed E-state index contributed by atoms with van der Waals surface area (Å²) in [5, 5.41) is 7.31. The topological polar surface area (TPSA) is 59.8 Å². The summed E-state index contributed by atoms with van der Waals surface area (Å²) >= 11 is 5.94. The van der Waals surface area contributed by atoms with Crippen molar-refractivity contribution in [3.05, 3.63) is 40.8 Å². The van der Waals surface area contributed by atoms with Crippen molar-refractivity contribution in [1.29, 1.82) is 0 Å². The highest BCUT2D eigenvalue weighted by Gasteiger charge is 2.15. The third kappa shape index (κ3) is 2.51. The minimum absolute atomic E-state index is 0.249. The predicted molar refractivity (Wildman–Crippen MR) is 69.8 cm³/mol. The van der Waals surface area contributed by atoms with Crippen LogP contribution in [0.1, 0.15) is 23.0 Å².